The third-order valence-corrected chi connectivity index (χ3v) is 6.92. The zero-order valence-electron chi connectivity index (χ0n) is 22.6. The molecular weight excluding hydrogens is 478 g/mol. The summed E-state index contributed by atoms with van der Waals surface area (Å²) < 4.78 is 6.02. The Labute approximate surface area is 225 Å². The van der Waals surface area contributed by atoms with Crippen LogP contribution in [0.5, 0.6) is 17.2 Å². The predicted molar refractivity (Wildman–Crippen MR) is 149 cm³/mol. The molecule has 0 bridgehead atoms. The van der Waals surface area contributed by atoms with Crippen LogP contribution in [0.4, 0.5) is 0 Å². The van der Waals surface area contributed by atoms with Crippen LogP contribution in [-0.2, 0) is 11.2 Å². The third-order valence-electron chi connectivity index (χ3n) is 6.92. The van der Waals surface area contributed by atoms with Gasteiger partial charge >= 0.3 is 0 Å². The van der Waals surface area contributed by atoms with Gasteiger partial charge in [0.15, 0.2) is 0 Å². The number of phenolic OH excluding ortho intramolecular Hbond substituents is 1. The van der Waals surface area contributed by atoms with Gasteiger partial charge in [-0.15, -0.1) is 0 Å². The highest BCUT2D eigenvalue weighted by Gasteiger charge is 2.36. The van der Waals surface area contributed by atoms with Crippen molar-refractivity contribution in [3.8, 4) is 17.2 Å². The number of carbonyl (C=O) groups is 2. The lowest BCUT2D eigenvalue weighted by Gasteiger charge is -2.37. The Morgan fingerprint density at radius 2 is 1.71 bits per heavy atom. The van der Waals surface area contributed by atoms with Crippen molar-refractivity contribution in [2.75, 3.05) is 19.6 Å². The summed E-state index contributed by atoms with van der Waals surface area (Å²) in [5, 5.41) is 13.0. The van der Waals surface area contributed by atoms with Gasteiger partial charge in [-0.25, -0.2) is 0 Å². The lowest BCUT2D eigenvalue weighted by atomic mass is 9.91. The molecule has 3 aromatic carbocycles. The summed E-state index contributed by atoms with van der Waals surface area (Å²) in [6.45, 7) is 10.1. The highest BCUT2D eigenvalue weighted by atomic mass is 16.5. The summed E-state index contributed by atoms with van der Waals surface area (Å²) in [5.41, 5.74) is 2.11. The van der Waals surface area contributed by atoms with Gasteiger partial charge in [-0.1, -0.05) is 30.3 Å². The van der Waals surface area contributed by atoms with E-state index in [9.17, 15) is 14.7 Å². The molecule has 1 atom stereocenters. The molecule has 0 fully saturated rings. The summed E-state index contributed by atoms with van der Waals surface area (Å²) >= 11 is 0. The first kappa shape index (κ1) is 27.2. The van der Waals surface area contributed by atoms with Crippen LogP contribution < -0.4 is 10.1 Å². The molecule has 1 aliphatic rings. The first-order valence-corrected chi connectivity index (χ1v) is 13.2. The Kier molecular flexibility index (Phi) is 8.69. The smallest absolute Gasteiger partial charge is 0.254 e. The first-order valence-electron chi connectivity index (χ1n) is 13.2. The fourth-order valence-corrected chi connectivity index (χ4v) is 5.12. The summed E-state index contributed by atoms with van der Waals surface area (Å²) in [6.07, 6.45) is 0.587. The minimum atomic E-state index is -0.786. The van der Waals surface area contributed by atoms with Gasteiger partial charge in [-0.05, 0) is 87.7 Å². The number of hydrogen-bond donors (Lipinski definition) is 2. The molecule has 7 heteroatoms. The minimum absolute atomic E-state index is 0.0134. The SMILES string of the molecule is CC(C)N(CCNC(=O)C1c2ccc(Oc3ccccc3)cc2CCN1C(=O)c1cccc(O)c1)C(C)C. The molecule has 7 nitrogen and oxygen atoms in total. The number of benzene rings is 3. The molecule has 0 aliphatic carbocycles. The van der Waals surface area contributed by atoms with E-state index >= 15 is 0 Å². The van der Waals surface area contributed by atoms with E-state index in [1.54, 1.807) is 17.0 Å². The van der Waals surface area contributed by atoms with Crippen molar-refractivity contribution in [1.82, 2.24) is 15.1 Å². The number of hydrogen-bond acceptors (Lipinski definition) is 5. The van der Waals surface area contributed by atoms with Crippen molar-refractivity contribution in [3.63, 3.8) is 0 Å². The Morgan fingerprint density at radius 1 is 0.974 bits per heavy atom. The molecule has 0 radical (unpaired) electrons. The lowest BCUT2D eigenvalue weighted by Crippen LogP contribution is -2.49. The number of para-hydroxylation sites is 1. The maximum absolute atomic E-state index is 13.7. The number of carbonyl (C=O) groups excluding carboxylic acids is 2. The van der Waals surface area contributed by atoms with E-state index in [1.165, 1.54) is 12.1 Å². The van der Waals surface area contributed by atoms with E-state index in [4.69, 9.17) is 4.74 Å². The van der Waals surface area contributed by atoms with Gasteiger partial charge < -0.3 is 20.1 Å². The fraction of sp³-hybridized carbons (Fsp3) is 0.355. The second-order valence-corrected chi connectivity index (χ2v) is 10.2. The maximum Gasteiger partial charge on any atom is 0.254 e. The van der Waals surface area contributed by atoms with Crippen molar-refractivity contribution < 1.29 is 19.4 Å². The van der Waals surface area contributed by atoms with Crippen LogP contribution >= 0.6 is 0 Å². The van der Waals surface area contributed by atoms with E-state index in [0.29, 0.717) is 49.5 Å². The molecule has 1 unspecified atom stereocenters. The molecule has 4 rings (SSSR count). The van der Waals surface area contributed by atoms with Crippen LogP contribution in [-0.4, -0.2) is 58.4 Å². The van der Waals surface area contributed by atoms with Crippen molar-refractivity contribution >= 4 is 11.8 Å². The van der Waals surface area contributed by atoms with Crippen LogP contribution in [0, 0.1) is 0 Å². The highest BCUT2D eigenvalue weighted by Crippen LogP contribution is 2.35. The van der Waals surface area contributed by atoms with Crippen LogP contribution in [0.1, 0.15) is 55.2 Å². The summed E-state index contributed by atoms with van der Waals surface area (Å²) in [5.74, 6) is 0.926. The van der Waals surface area contributed by atoms with Gasteiger partial charge in [0.25, 0.3) is 5.91 Å². The van der Waals surface area contributed by atoms with Crippen LogP contribution in [0.25, 0.3) is 0 Å². The summed E-state index contributed by atoms with van der Waals surface area (Å²) in [7, 11) is 0. The fourth-order valence-electron chi connectivity index (χ4n) is 5.12. The third kappa shape index (κ3) is 6.34. The van der Waals surface area contributed by atoms with Crippen molar-refractivity contribution in [3.05, 3.63) is 89.5 Å². The van der Waals surface area contributed by atoms with E-state index in [0.717, 1.165) is 16.9 Å². The monoisotopic (exact) mass is 515 g/mol. The van der Waals surface area contributed by atoms with Crippen molar-refractivity contribution in [2.24, 2.45) is 0 Å². The second kappa shape index (κ2) is 12.1. The highest BCUT2D eigenvalue weighted by molar-refractivity contribution is 5.98. The summed E-state index contributed by atoms with van der Waals surface area (Å²) in [4.78, 5) is 31.1. The zero-order chi connectivity index (χ0) is 27.2. The molecule has 1 heterocycles. The average Bonchev–Trinajstić information content (AvgIpc) is 2.90. The normalized spacial score (nSPS) is 15.0. The standard InChI is InChI=1S/C31H37N3O4/c1-21(2)33(22(3)4)18-16-32-30(36)29-28-14-13-27(38-26-11-6-5-7-12-26)20-23(28)15-17-34(29)31(37)24-9-8-10-25(35)19-24/h5-14,19-22,29,35H,15-18H2,1-4H3,(H,32,36). The number of nitrogens with zero attached hydrogens (tertiary/aromatic N) is 2. The second-order valence-electron chi connectivity index (χ2n) is 10.2. The number of nitrogens with one attached hydrogen (secondary N) is 1. The van der Waals surface area contributed by atoms with E-state index in [2.05, 4.69) is 37.9 Å². The predicted octanol–water partition coefficient (Wildman–Crippen LogP) is 5.16. The summed E-state index contributed by atoms with van der Waals surface area (Å²) in [6, 6.07) is 21.4. The Bertz CT molecular complexity index is 1250. The topological polar surface area (TPSA) is 82.1 Å². The van der Waals surface area contributed by atoms with E-state index in [1.807, 2.05) is 48.5 Å². The molecule has 2 N–H and O–H groups in total. The van der Waals surface area contributed by atoms with Gasteiger partial charge in [0, 0.05) is 37.3 Å². The van der Waals surface area contributed by atoms with E-state index < -0.39 is 6.04 Å². The van der Waals surface area contributed by atoms with Gasteiger partial charge in [0.1, 0.15) is 23.3 Å². The van der Waals surface area contributed by atoms with Crippen LogP contribution in [0.15, 0.2) is 72.8 Å². The van der Waals surface area contributed by atoms with Crippen molar-refractivity contribution in [1.29, 1.82) is 0 Å². The zero-order valence-corrected chi connectivity index (χ0v) is 22.6. The number of phenols is 1. The van der Waals surface area contributed by atoms with Gasteiger partial charge in [-0.2, -0.15) is 0 Å². The van der Waals surface area contributed by atoms with E-state index in [-0.39, 0.29) is 17.6 Å². The van der Waals surface area contributed by atoms with Gasteiger partial charge in [0.05, 0.1) is 0 Å². The number of amides is 2. The first-order chi connectivity index (χ1) is 18.2. The maximum atomic E-state index is 13.7. The molecular formula is C31H37N3O4. The van der Waals surface area contributed by atoms with Crippen LogP contribution in [0.2, 0.25) is 0 Å². The Morgan fingerprint density at radius 3 is 2.39 bits per heavy atom. The number of fused-ring (bicyclic) bond motifs is 1. The Balaban J connectivity index is 1.60. The molecule has 0 saturated carbocycles. The number of rotatable bonds is 9. The molecule has 0 aromatic heterocycles. The molecule has 3 aromatic rings. The number of ether oxygens (including phenoxy) is 1. The largest absolute Gasteiger partial charge is 0.508 e. The minimum Gasteiger partial charge on any atom is -0.508 e. The molecule has 2 amide bonds. The molecule has 0 saturated heterocycles. The Hall–Kier alpha value is -3.84. The number of aromatic hydroxyl groups is 1. The van der Waals surface area contributed by atoms with Gasteiger partial charge in [-0.3, -0.25) is 14.5 Å². The molecule has 0 spiro atoms. The lowest BCUT2D eigenvalue weighted by molar-refractivity contribution is -0.126. The average molecular weight is 516 g/mol. The molecule has 1 aliphatic heterocycles. The van der Waals surface area contributed by atoms with Crippen molar-refractivity contribution in [2.45, 2.75) is 52.2 Å². The van der Waals surface area contributed by atoms with Crippen LogP contribution in [0.3, 0.4) is 0 Å². The quantitative estimate of drug-likeness (QED) is 0.411. The molecule has 38 heavy (non-hydrogen) atoms. The molecule has 200 valence electrons. The van der Waals surface area contributed by atoms with Gasteiger partial charge in [0.2, 0.25) is 5.91 Å².